The highest BCUT2D eigenvalue weighted by Crippen LogP contribution is 2.20. The summed E-state index contributed by atoms with van der Waals surface area (Å²) in [6.07, 6.45) is 6.50. The van der Waals surface area contributed by atoms with E-state index in [9.17, 15) is 9.59 Å². The number of likely N-dealkylation sites (N-methyl/N-ethyl adjacent to an activating group) is 1. The lowest BCUT2D eigenvalue weighted by Gasteiger charge is -2.17. The largest absolute Gasteiger partial charge is 0.332 e. The van der Waals surface area contributed by atoms with E-state index in [1.54, 1.807) is 66.7 Å². The second-order valence-corrected chi connectivity index (χ2v) is 5.97. The number of halogens is 1. The Morgan fingerprint density at radius 2 is 2.04 bits per heavy atom. The second-order valence-electron chi connectivity index (χ2n) is 5.56. The molecule has 2 aromatic heterocycles. The third-order valence-corrected chi connectivity index (χ3v) is 3.97. The molecule has 0 radical (unpaired) electrons. The van der Waals surface area contributed by atoms with E-state index in [1.165, 1.54) is 11.1 Å². The van der Waals surface area contributed by atoms with Crippen LogP contribution in [-0.4, -0.2) is 44.8 Å². The van der Waals surface area contributed by atoms with Gasteiger partial charge in [0.2, 0.25) is 5.91 Å². The number of nitrogens with one attached hydrogen (secondary N) is 1. The fourth-order valence-electron chi connectivity index (χ4n) is 2.32. The van der Waals surface area contributed by atoms with Gasteiger partial charge in [0.05, 0.1) is 22.8 Å². The van der Waals surface area contributed by atoms with Gasteiger partial charge in [0.25, 0.3) is 5.91 Å². The quantitative estimate of drug-likeness (QED) is 0.749. The van der Waals surface area contributed by atoms with Crippen molar-refractivity contribution < 1.29 is 9.59 Å². The summed E-state index contributed by atoms with van der Waals surface area (Å²) in [6.45, 7) is -0.104. The molecule has 0 saturated heterocycles. The standard InChI is InChI=1S/C18H16ClN5O2/c1-23(11-17(25)22-15-5-3-2-4-14(15)19)18(26)13-6-7-16(21-10-13)24-9-8-20-12-24/h2-10,12H,11H2,1H3,(H,22,25). The van der Waals surface area contributed by atoms with Crippen molar-refractivity contribution in [2.75, 3.05) is 18.9 Å². The SMILES string of the molecule is CN(CC(=O)Nc1ccccc1Cl)C(=O)c1ccc(-n2ccnc2)nc1. The molecule has 0 unspecified atom stereocenters. The first-order chi connectivity index (χ1) is 12.5. The van der Waals surface area contributed by atoms with E-state index in [-0.39, 0.29) is 18.4 Å². The molecule has 26 heavy (non-hydrogen) atoms. The molecule has 0 aliphatic carbocycles. The van der Waals surface area contributed by atoms with Gasteiger partial charge in [0.15, 0.2) is 0 Å². The van der Waals surface area contributed by atoms with Crippen LogP contribution in [0.3, 0.4) is 0 Å². The Morgan fingerprint density at radius 1 is 1.23 bits per heavy atom. The molecule has 0 fully saturated rings. The van der Waals surface area contributed by atoms with Crippen molar-refractivity contribution in [2.45, 2.75) is 0 Å². The van der Waals surface area contributed by atoms with Crippen LogP contribution in [-0.2, 0) is 4.79 Å². The fourth-order valence-corrected chi connectivity index (χ4v) is 2.50. The summed E-state index contributed by atoms with van der Waals surface area (Å²) in [5.41, 5.74) is 0.897. The van der Waals surface area contributed by atoms with E-state index in [4.69, 9.17) is 11.6 Å². The van der Waals surface area contributed by atoms with Crippen molar-refractivity contribution in [3.8, 4) is 5.82 Å². The lowest BCUT2D eigenvalue weighted by molar-refractivity contribution is -0.116. The highest BCUT2D eigenvalue weighted by Gasteiger charge is 2.16. The van der Waals surface area contributed by atoms with Gasteiger partial charge < -0.3 is 10.2 Å². The fraction of sp³-hybridized carbons (Fsp3) is 0.111. The van der Waals surface area contributed by atoms with Gasteiger partial charge in [-0.3, -0.25) is 14.2 Å². The van der Waals surface area contributed by atoms with E-state index < -0.39 is 0 Å². The number of anilines is 1. The number of carbonyl (C=O) groups is 2. The summed E-state index contributed by atoms with van der Waals surface area (Å²) in [7, 11) is 1.55. The van der Waals surface area contributed by atoms with Gasteiger partial charge in [0, 0.05) is 25.6 Å². The zero-order chi connectivity index (χ0) is 18.5. The molecule has 3 aromatic rings. The van der Waals surface area contributed by atoms with Crippen molar-refractivity contribution in [1.29, 1.82) is 0 Å². The summed E-state index contributed by atoms with van der Waals surface area (Å²) < 4.78 is 1.73. The van der Waals surface area contributed by atoms with Crippen LogP contribution in [0.2, 0.25) is 5.02 Å². The third kappa shape index (κ3) is 4.07. The summed E-state index contributed by atoms with van der Waals surface area (Å²) in [6, 6.07) is 10.3. The molecule has 0 bridgehead atoms. The molecule has 0 aliphatic heterocycles. The van der Waals surface area contributed by atoms with Crippen LogP contribution in [0.1, 0.15) is 10.4 Å². The number of hydrogen-bond acceptors (Lipinski definition) is 4. The van der Waals surface area contributed by atoms with Crippen molar-refractivity contribution in [2.24, 2.45) is 0 Å². The van der Waals surface area contributed by atoms with Gasteiger partial charge in [-0.05, 0) is 24.3 Å². The molecule has 1 N–H and O–H groups in total. The molecule has 0 saturated carbocycles. The van der Waals surface area contributed by atoms with Crippen LogP contribution in [0, 0.1) is 0 Å². The van der Waals surface area contributed by atoms with Crippen LogP contribution < -0.4 is 5.32 Å². The minimum absolute atomic E-state index is 0.104. The first-order valence-electron chi connectivity index (χ1n) is 7.79. The zero-order valence-electron chi connectivity index (χ0n) is 14.0. The Bertz CT molecular complexity index is 910. The molecule has 7 nitrogen and oxygen atoms in total. The Morgan fingerprint density at radius 3 is 2.69 bits per heavy atom. The summed E-state index contributed by atoms with van der Waals surface area (Å²) in [4.78, 5) is 34.1. The molecule has 3 rings (SSSR count). The Labute approximate surface area is 155 Å². The first kappa shape index (κ1) is 17.6. The predicted molar refractivity (Wildman–Crippen MR) is 98.4 cm³/mol. The molecular weight excluding hydrogens is 354 g/mol. The Kier molecular flexibility index (Phi) is 5.28. The van der Waals surface area contributed by atoms with Gasteiger partial charge in [-0.1, -0.05) is 23.7 Å². The second kappa shape index (κ2) is 7.79. The molecular formula is C18H16ClN5O2. The number of carbonyl (C=O) groups excluding carboxylic acids is 2. The van der Waals surface area contributed by atoms with Gasteiger partial charge in [-0.15, -0.1) is 0 Å². The van der Waals surface area contributed by atoms with Crippen molar-refractivity contribution in [3.05, 3.63) is 71.9 Å². The Balaban J connectivity index is 1.62. The monoisotopic (exact) mass is 369 g/mol. The minimum atomic E-state index is -0.336. The number of amides is 2. The zero-order valence-corrected chi connectivity index (χ0v) is 14.7. The highest BCUT2D eigenvalue weighted by atomic mass is 35.5. The van der Waals surface area contributed by atoms with E-state index in [1.807, 2.05) is 0 Å². The molecule has 2 heterocycles. The normalized spacial score (nSPS) is 10.4. The molecule has 0 spiro atoms. The number of rotatable bonds is 5. The number of nitrogens with zero attached hydrogens (tertiary/aromatic N) is 4. The van der Waals surface area contributed by atoms with Crippen LogP contribution in [0.4, 0.5) is 5.69 Å². The third-order valence-electron chi connectivity index (χ3n) is 3.64. The number of pyridine rings is 1. The lowest BCUT2D eigenvalue weighted by atomic mass is 10.2. The highest BCUT2D eigenvalue weighted by molar-refractivity contribution is 6.33. The Hall–Kier alpha value is -3.19. The summed E-state index contributed by atoms with van der Waals surface area (Å²) >= 11 is 6.01. The molecule has 0 atom stereocenters. The van der Waals surface area contributed by atoms with Crippen molar-refractivity contribution >= 4 is 29.1 Å². The van der Waals surface area contributed by atoms with Gasteiger partial charge >= 0.3 is 0 Å². The number of imidazole rings is 1. The number of aromatic nitrogens is 3. The maximum atomic E-state index is 12.5. The predicted octanol–water partition coefficient (Wildman–Crippen LogP) is 2.63. The summed E-state index contributed by atoms with van der Waals surface area (Å²) in [5.74, 6) is 0.0131. The van der Waals surface area contributed by atoms with Crippen LogP contribution >= 0.6 is 11.6 Å². The molecule has 0 aliphatic rings. The van der Waals surface area contributed by atoms with Crippen LogP contribution in [0.5, 0.6) is 0 Å². The van der Waals surface area contributed by atoms with Crippen LogP contribution in [0.25, 0.3) is 5.82 Å². The molecule has 8 heteroatoms. The van der Waals surface area contributed by atoms with Crippen molar-refractivity contribution in [1.82, 2.24) is 19.4 Å². The average molecular weight is 370 g/mol. The van der Waals surface area contributed by atoms with E-state index in [0.29, 0.717) is 22.1 Å². The maximum absolute atomic E-state index is 12.5. The van der Waals surface area contributed by atoms with E-state index >= 15 is 0 Å². The maximum Gasteiger partial charge on any atom is 0.255 e. The van der Waals surface area contributed by atoms with E-state index in [0.717, 1.165) is 0 Å². The topological polar surface area (TPSA) is 80.1 Å². The number of para-hydroxylation sites is 1. The summed E-state index contributed by atoms with van der Waals surface area (Å²) in [5, 5.41) is 3.12. The molecule has 1 aromatic carbocycles. The lowest BCUT2D eigenvalue weighted by Crippen LogP contribution is -2.35. The van der Waals surface area contributed by atoms with Crippen molar-refractivity contribution in [3.63, 3.8) is 0 Å². The number of hydrogen-bond donors (Lipinski definition) is 1. The average Bonchev–Trinajstić information content (AvgIpc) is 3.18. The van der Waals surface area contributed by atoms with Gasteiger partial charge in [0.1, 0.15) is 12.1 Å². The molecule has 132 valence electrons. The number of benzene rings is 1. The first-order valence-corrected chi connectivity index (χ1v) is 8.16. The van der Waals surface area contributed by atoms with E-state index in [2.05, 4.69) is 15.3 Å². The smallest absolute Gasteiger partial charge is 0.255 e. The molecule has 2 amide bonds. The van der Waals surface area contributed by atoms with Gasteiger partial charge in [-0.25, -0.2) is 9.97 Å². The van der Waals surface area contributed by atoms with Gasteiger partial charge in [-0.2, -0.15) is 0 Å². The minimum Gasteiger partial charge on any atom is -0.332 e. The van der Waals surface area contributed by atoms with Crippen LogP contribution in [0.15, 0.2) is 61.3 Å².